The number of nitro benzene ring substituents is 1. The molecule has 2 amide bonds. The number of carbonyl (C=O) groups excluding carboxylic acids is 2. The summed E-state index contributed by atoms with van der Waals surface area (Å²) in [6, 6.07) is 7.22. The highest BCUT2D eigenvalue weighted by molar-refractivity contribution is 5.95. The molecule has 192 valence electrons. The molecule has 0 saturated heterocycles. The number of esters is 1. The number of hydrogen-bond acceptors (Lipinski definition) is 7. The van der Waals surface area contributed by atoms with Crippen molar-refractivity contribution >= 4 is 17.7 Å². The van der Waals surface area contributed by atoms with Crippen molar-refractivity contribution in [2.45, 2.75) is 53.2 Å². The molecular formula is C26H31N3O7. The van der Waals surface area contributed by atoms with Gasteiger partial charge in [-0.25, -0.2) is 9.59 Å². The summed E-state index contributed by atoms with van der Waals surface area (Å²) in [5, 5.41) is 17.4. The zero-order valence-corrected chi connectivity index (χ0v) is 21.1. The molecule has 36 heavy (non-hydrogen) atoms. The third-order valence-corrected chi connectivity index (χ3v) is 5.83. The molecule has 3 rings (SSSR count). The Kier molecular flexibility index (Phi) is 8.52. The van der Waals surface area contributed by atoms with E-state index in [4.69, 9.17) is 14.2 Å². The highest BCUT2D eigenvalue weighted by Gasteiger charge is 2.35. The fourth-order valence-corrected chi connectivity index (χ4v) is 4.08. The first-order chi connectivity index (χ1) is 17.2. The van der Waals surface area contributed by atoms with Crippen molar-refractivity contribution < 1.29 is 28.7 Å². The molecule has 0 aliphatic carbocycles. The molecule has 1 aliphatic heterocycles. The summed E-state index contributed by atoms with van der Waals surface area (Å²) in [6.45, 7) is 7.71. The van der Waals surface area contributed by atoms with Crippen molar-refractivity contribution in [2.24, 2.45) is 0 Å². The number of carbonyl (C=O) groups is 2. The van der Waals surface area contributed by atoms with Gasteiger partial charge in [0.1, 0.15) is 6.61 Å². The number of aryl methyl sites for hydroxylation is 2. The maximum absolute atomic E-state index is 12.9. The Morgan fingerprint density at radius 2 is 1.92 bits per heavy atom. The van der Waals surface area contributed by atoms with Crippen molar-refractivity contribution in [3.8, 4) is 11.5 Å². The summed E-state index contributed by atoms with van der Waals surface area (Å²) in [5.74, 6) is -0.546. The van der Waals surface area contributed by atoms with E-state index in [1.807, 2.05) is 39.0 Å². The molecule has 10 heteroatoms. The number of hydrogen-bond donors (Lipinski definition) is 2. The molecule has 0 aromatic heterocycles. The Bertz CT molecular complexity index is 1210. The minimum Gasteiger partial charge on any atom is -0.493 e. The second-order valence-electron chi connectivity index (χ2n) is 8.44. The molecule has 10 nitrogen and oxygen atoms in total. The number of rotatable bonds is 10. The molecule has 1 heterocycles. The molecule has 0 fully saturated rings. The van der Waals surface area contributed by atoms with Crippen LogP contribution < -0.4 is 20.1 Å². The SMILES string of the molecule is CCCC1=C(C(=O)OCC)C(c2cc(OC)c(OCc3cc(C)ccc3C)c([N+](=O)[O-])c2)NC(=O)N1. The number of nitrogens with zero attached hydrogens (tertiary/aromatic N) is 1. The number of nitrogens with one attached hydrogen (secondary N) is 2. The molecular weight excluding hydrogens is 466 g/mol. The Balaban J connectivity index is 2.10. The summed E-state index contributed by atoms with van der Waals surface area (Å²) in [7, 11) is 1.37. The van der Waals surface area contributed by atoms with Crippen molar-refractivity contribution in [1.82, 2.24) is 10.6 Å². The molecule has 2 aromatic rings. The van der Waals surface area contributed by atoms with Crippen LogP contribution in [0.25, 0.3) is 0 Å². The van der Waals surface area contributed by atoms with Gasteiger partial charge in [0.15, 0.2) is 5.75 Å². The van der Waals surface area contributed by atoms with Crippen LogP contribution in [0.2, 0.25) is 0 Å². The van der Waals surface area contributed by atoms with Crippen LogP contribution >= 0.6 is 0 Å². The largest absolute Gasteiger partial charge is 0.493 e. The minimum absolute atomic E-state index is 0.0390. The number of nitro groups is 1. The van der Waals surface area contributed by atoms with E-state index in [0.717, 1.165) is 16.7 Å². The van der Waals surface area contributed by atoms with E-state index >= 15 is 0 Å². The molecule has 0 spiro atoms. The number of benzene rings is 2. The van der Waals surface area contributed by atoms with Gasteiger partial charge in [0, 0.05) is 11.8 Å². The van der Waals surface area contributed by atoms with Crippen LogP contribution in [0.15, 0.2) is 41.6 Å². The lowest BCUT2D eigenvalue weighted by molar-refractivity contribution is -0.386. The Hall–Kier alpha value is -4.08. The van der Waals surface area contributed by atoms with E-state index < -0.39 is 23.0 Å². The number of amides is 2. The highest BCUT2D eigenvalue weighted by atomic mass is 16.6. The van der Waals surface area contributed by atoms with Crippen molar-refractivity contribution in [3.05, 3.63) is 74.0 Å². The monoisotopic (exact) mass is 497 g/mol. The summed E-state index contributed by atoms with van der Waals surface area (Å²) in [4.78, 5) is 36.8. The summed E-state index contributed by atoms with van der Waals surface area (Å²) < 4.78 is 16.6. The average Bonchev–Trinajstić information content (AvgIpc) is 2.84. The van der Waals surface area contributed by atoms with Crippen molar-refractivity contribution in [1.29, 1.82) is 0 Å². The molecule has 0 bridgehead atoms. The van der Waals surface area contributed by atoms with Gasteiger partial charge in [0.2, 0.25) is 5.75 Å². The fraction of sp³-hybridized carbons (Fsp3) is 0.385. The predicted molar refractivity (Wildman–Crippen MR) is 133 cm³/mol. The normalized spacial score (nSPS) is 15.1. The van der Waals surface area contributed by atoms with E-state index in [1.54, 1.807) is 6.92 Å². The third-order valence-electron chi connectivity index (χ3n) is 5.83. The van der Waals surface area contributed by atoms with Crippen LogP contribution in [-0.2, 0) is 16.1 Å². The summed E-state index contributed by atoms with van der Waals surface area (Å²) >= 11 is 0. The highest BCUT2D eigenvalue weighted by Crippen LogP contribution is 2.42. The Morgan fingerprint density at radius 1 is 1.17 bits per heavy atom. The minimum atomic E-state index is -0.972. The summed E-state index contributed by atoms with van der Waals surface area (Å²) in [6.07, 6.45) is 1.09. The number of urea groups is 1. The van der Waals surface area contributed by atoms with Gasteiger partial charge in [0.25, 0.3) is 0 Å². The van der Waals surface area contributed by atoms with E-state index in [2.05, 4.69) is 10.6 Å². The molecule has 2 aromatic carbocycles. The van der Waals surface area contributed by atoms with Gasteiger partial charge in [-0.1, -0.05) is 37.1 Å². The smallest absolute Gasteiger partial charge is 0.338 e. The van der Waals surface area contributed by atoms with Gasteiger partial charge in [0.05, 0.1) is 30.3 Å². The lowest BCUT2D eigenvalue weighted by Gasteiger charge is -2.29. The van der Waals surface area contributed by atoms with Crippen LogP contribution in [0.5, 0.6) is 11.5 Å². The maximum atomic E-state index is 12.9. The zero-order valence-electron chi connectivity index (χ0n) is 21.1. The van der Waals surface area contributed by atoms with Gasteiger partial charge < -0.3 is 24.8 Å². The van der Waals surface area contributed by atoms with Crippen molar-refractivity contribution in [2.75, 3.05) is 13.7 Å². The molecule has 2 N–H and O–H groups in total. The van der Waals surface area contributed by atoms with Gasteiger partial charge in [-0.15, -0.1) is 0 Å². The quantitative estimate of drug-likeness (QED) is 0.275. The molecule has 1 unspecified atom stereocenters. The van der Waals surface area contributed by atoms with E-state index in [0.29, 0.717) is 24.1 Å². The van der Waals surface area contributed by atoms with Crippen molar-refractivity contribution in [3.63, 3.8) is 0 Å². The van der Waals surface area contributed by atoms with Crippen LogP contribution in [0.4, 0.5) is 10.5 Å². The second-order valence-corrected chi connectivity index (χ2v) is 8.44. The lowest BCUT2D eigenvalue weighted by atomic mass is 9.93. The van der Waals surface area contributed by atoms with Gasteiger partial charge in [-0.2, -0.15) is 0 Å². The zero-order chi connectivity index (χ0) is 26.4. The second kappa shape index (κ2) is 11.6. The first-order valence-corrected chi connectivity index (χ1v) is 11.7. The van der Waals surface area contributed by atoms with Crippen LogP contribution in [-0.4, -0.2) is 30.6 Å². The molecule has 1 aliphatic rings. The summed E-state index contributed by atoms with van der Waals surface area (Å²) in [5.41, 5.74) is 3.48. The maximum Gasteiger partial charge on any atom is 0.338 e. The van der Waals surface area contributed by atoms with Crippen LogP contribution in [0.3, 0.4) is 0 Å². The first kappa shape index (κ1) is 26.5. The van der Waals surface area contributed by atoms with E-state index in [1.165, 1.54) is 19.2 Å². The standard InChI is InChI=1S/C26H31N3O7/c1-6-8-19-22(25(30)35-7-2)23(28-26(31)27-19)17-12-20(29(32)33)24(21(13-17)34-5)36-14-18-11-15(3)9-10-16(18)4/h9-13,23H,6-8,14H2,1-5H3,(H2,27,28,31). The van der Waals surface area contributed by atoms with Gasteiger partial charge in [-0.3, -0.25) is 10.1 Å². The lowest BCUT2D eigenvalue weighted by Crippen LogP contribution is -2.46. The van der Waals surface area contributed by atoms with Crippen LogP contribution in [0.1, 0.15) is 55.0 Å². The van der Waals surface area contributed by atoms with E-state index in [9.17, 15) is 19.7 Å². The third kappa shape index (κ3) is 5.76. The fourth-order valence-electron chi connectivity index (χ4n) is 4.08. The average molecular weight is 498 g/mol. The topological polar surface area (TPSA) is 129 Å². The van der Waals surface area contributed by atoms with E-state index in [-0.39, 0.29) is 36.0 Å². The molecule has 1 atom stereocenters. The number of methoxy groups -OCH3 is 1. The number of ether oxygens (including phenoxy) is 3. The predicted octanol–water partition coefficient (Wildman–Crippen LogP) is 4.77. The van der Waals surface area contributed by atoms with Crippen LogP contribution in [0, 0.1) is 24.0 Å². The Morgan fingerprint density at radius 3 is 2.56 bits per heavy atom. The van der Waals surface area contributed by atoms with Gasteiger partial charge >= 0.3 is 17.7 Å². The first-order valence-electron chi connectivity index (χ1n) is 11.7. The molecule has 0 radical (unpaired) electrons. The molecule has 0 saturated carbocycles. The number of allylic oxidation sites excluding steroid dienone is 1. The van der Waals surface area contributed by atoms with Gasteiger partial charge in [-0.05, 0) is 49.9 Å². The Labute approximate surface area is 209 Å².